The minimum Gasteiger partial charge on any atom is -0.381 e. The van der Waals surface area contributed by atoms with Gasteiger partial charge in [-0.2, -0.15) is 0 Å². The predicted molar refractivity (Wildman–Crippen MR) is 133 cm³/mol. The zero-order valence-corrected chi connectivity index (χ0v) is 21.6. The van der Waals surface area contributed by atoms with Gasteiger partial charge in [-0.25, -0.2) is 0 Å². The van der Waals surface area contributed by atoms with Crippen LogP contribution in [-0.2, 0) is 4.74 Å². The second-order valence-electron chi connectivity index (χ2n) is 12.6. The van der Waals surface area contributed by atoms with Crippen LogP contribution in [0.2, 0.25) is 0 Å². The summed E-state index contributed by atoms with van der Waals surface area (Å²) < 4.78 is 5.76. The molecule has 0 aromatic heterocycles. The maximum absolute atomic E-state index is 5.76. The summed E-state index contributed by atoms with van der Waals surface area (Å²) in [5.41, 5.74) is 2.75. The van der Waals surface area contributed by atoms with E-state index in [-0.39, 0.29) is 0 Å². The van der Waals surface area contributed by atoms with E-state index in [1.165, 1.54) is 57.8 Å². The molecule has 0 heterocycles. The summed E-state index contributed by atoms with van der Waals surface area (Å²) in [6, 6.07) is 0. The average Bonchev–Trinajstić information content (AvgIpc) is 3.10. The van der Waals surface area contributed by atoms with Crippen LogP contribution in [0.4, 0.5) is 0 Å². The Labute approximate surface area is 193 Å². The van der Waals surface area contributed by atoms with Crippen molar-refractivity contribution in [3.05, 3.63) is 23.8 Å². The highest BCUT2D eigenvalue weighted by Crippen LogP contribution is 2.67. The molecule has 0 spiro atoms. The van der Waals surface area contributed by atoms with E-state index in [1.807, 2.05) is 7.11 Å². The van der Waals surface area contributed by atoms with Gasteiger partial charge in [-0.05, 0) is 110 Å². The average molecular weight is 427 g/mol. The van der Waals surface area contributed by atoms with Crippen molar-refractivity contribution in [2.24, 2.45) is 52.3 Å². The van der Waals surface area contributed by atoms with Gasteiger partial charge in [0, 0.05) is 7.11 Å². The smallest absolute Gasteiger partial charge is 0.0608 e. The SMILES string of the molecule is CC[C@@H](/C=C/[C@@H](C)[C@H]1CCC2[C@@H]3CC=C4C[C@@H](OC)CC[C@]4(C)C3CC[C@@]21C)C(C)C. The van der Waals surface area contributed by atoms with Crippen molar-refractivity contribution in [1.29, 1.82) is 0 Å². The largest absolute Gasteiger partial charge is 0.381 e. The molecule has 0 aromatic rings. The van der Waals surface area contributed by atoms with Crippen LogP contribution in [0, 0.1) is 52.3 Å². The quantitative estimate of drug-likeness (QED) is 0.387. The molecule has 0 bridgehead atoms. The Bertz CT molecular complexity index is 689. The lowest BCUT2D eigenvalue weighted by atomic mass is 9.47. The Morgan fingerprint density at radius 1 is 1.03 bits per heavy atom. The van der Waals surface area contributed by atoms with Crippen molar-refractivity contribution in [2.75, 3.05) is 7.11 Å². The zero-order chi connectivity index (χ0) is 22.4. The number of ether oxygens (including phenoxy) is 1. The second kappa shape index (κ2) is 9.00. The number of allylic oxidation sites excluding steroid dienone is 3. The van der Waals surface area contributed by atoms with Crippen molar-refractivity contribution < 1.29 is 4.74 Å². The molecule has 0 radical (unpaired) electrons. The summed E-state index contributed by atoms with van der Waals surface area (Å²) in [6.45, 7) is 14.9. The van der Waals surface area contributed by atoms with Crippen LogP contribution < -0.4 is 0 Å². The third-order valence-electron chi connectivity index (χ3n) is 11.1. The number of rotatable bonds is 6. The molecule has 4 aliphatic rings. The molecular weight excluding hydrogens is 376 g/mol. The molecule has 0 aromatic carbocycles. The van der Waals surface area contributed by atoms with Crippen molar-refractivity contribution in [2.45, 2.75) is 105 Å². The zero-order valence-electron chi connectivity index (χ0n) is 21.6. The molecule has 0 amide bonds. The van der Waals surface area contributed by atoms with E-state index in [0.717, 1.165) is 41.4 Å². The third-order valence-corrected chi connectivity index (χ3v) is 11.1. The van der Waals surface area contributed by atoms with Crippen LogP contribution in [0.3, 0.4) is 0 Å². The van der Waals surface area contributed by atoms with Gasteiger partial charge in [0.05, 0.1) is 6.10 Å². The van der Waals surface area contributed by atoms with Crippen LogP contribution in [0.15, 0.2) is 23.8 Å². The standard InChI is InChI=1S/C30H50O/c1-8-22(20(2)3)10-9-21(4)26-13-14-27-25-12-11-23-19-24(31-7)15-17-29(23,5)28(25)16-18-30(26,27)6/h9-11,20-22,24-28H,8,12-19H2,1-7H3/b10-9+/t21-,22+,24+,25+,26-,27?,28?,29+,30-/m1/s1. The summed E-state index contributed by atoms with van der Waals surface area (Å²) in [6.07, 6.45) is 20.6. The van der Waals surface area contributed by atoms with E-state index in [4.69, 9.17) is 4.74 Å². The van der Waals surface area contributed by atoms with Gasteiger partial charge in [0.25, 0.3) is 0 Å². The fourth-order valence-corrected chi connectivity index (χ4v) is 9.01. The molecule has 3 fully saturated rings. The molecule has 31 heavy (non-hydrogen) atoms. The lowest BCUT2D eigenvalue weighted by molar-refractivity contribution is -0.0572. The molecule has 0 saturated heterocycles. The van der Waals surface area contributed by atoms with Crippen LogP contribution in [-0.4, -0.2) is 13.2 Å². The predicted octanol–water partition coefficient (Wildman–Crippen LogP) is 8.45. The number of fused-ring (bicyclic) bond motifs is 5. The first-order chi connectivity index (χ1) is 14.7. The van der Waals surface area contributed by atoms with Gasteiger partial charge in [0.15, 0.2) is 0 Å². The summed E-state index contributed by atoms with van der Waals surface area (Å²) in [7, 11) is 1.91. The van der Waals surface area contributed by atoms with Gasteiger partial charge in [-0.15, -0.1) is 0 Å². The topological polar surface area (TPSA) is 9.23 Å². The van der Waals surface area contributed by atoms with E-state index in [9.17, 15) is 0 Å². The monoisotopic (exact) mass is 426 g/mol. The lowest BCUT2D eigenvalue weighted by Gasteiger charge is -2.58. The van der Waals surface area contributed by atoms with E-state index < -0.39 is 0 Å². The highest BCUT2D eigenvalue weighted by molar-refractivity contribution is 5.25. The van der Waals surface area contributed by atoms with Gasteiger partial charge >= 0.3 is 0 Å². The third kappa shape index (κ3) is 4.00. The Morgan fingerprint density at radius 2 is 1.81 bits per heavy atom. The molecule has 4 aliphatic carbocycles. The van der Waals surface area contributed by atoms with Gasteiger partial charge in [-0.3, -0.25) is 0 Å². The maximum Gasteiger partial charge on any atom is 0.0608 e. The molecule has 1 nitrogen and oxygen atoms in total. The number of hydrogen-bond acceptors (Lipinski definition) is 1. The summed E-state index contributed by atoms with van der Waals surface area (Å²) in [4.78, 5) is 0. The van der Waals surface area contributed by atoms with Gasteiger partial charge in [0.1, 0.15) is 0 Å². The molecule has 4 rings (SSSR count). The van der Waals surface area contributed by atoms with E-state index >= 15 is 0 Å². The van der Waals surface area contributed by atoms with Crippen LogP contribution >= 0.6 is 0 Å². The van der Waals surface area contributed by atoms with E-state index in [2.05, 4.69) is 59.8 Å². The molecule has 9 atom stereocenters. The van der Waals surface area contributed by atoms with Gasteiger partial charge in [-0.1, -0.05) is 65.3 Å². The summed E-state index contributed by atoms with van der Waals surface area (Å²) >= 11 is 0. The normalized spacial score (nSPS) is 44.5. The van der Waals surface area contributed by atoms with Crippen molar-refractivity contribution in [3.8, 4) is 0 Å². The Kier molecular flexibility index (Phi) is 6.85. The number of hydrogen-bond donors (Lipinski definition) is 0. The fourth-order valence-electron chi connectivity index (χ4n) is 9.01. The van der Waals surface area contributed by atoms with Crippen LogP contribution in [0.25, 0.3) is 0 Å². The van der Waals surface area contributed by atoms with Gasteiger partial charge in [0.2, 0.25) is 0 Å². The molecule has 2 unspecified atom stereocenters. The highest BCUT2D eigenvalue weighted by Gasteiger charge is 2.59. The maximum atomic E-state index is 5.76. The molecule has 0 N–H and O–H groups in total. The molecule has 0 aliphatic heterocycles. The van der Waals surface area contributed by atoms with E-state index in [1.54, 1.807) is 5.57 Å². The lowest BCUT2D eigenvalue weighted by Crippen LogP contribution is -2.50. The molecular formula is C30H50O. The molecule has 176 valence electrons. The first-order valence-corrected chi connectivity index (χ1v) is 13.6. The van der Waals surface area contributed by atoms with Crippen molar-refractivity contribution in [1.82, 2.24) is 0 Å². The first kappa shape index (κ1) is 23.6. The van der Waals surface area contributed by atoms with Crippen LogP contribution in [0.5, 0.6) is 0 Å². The Hall–Kier alpha value is -0.560. The first-order valence-electron chi connectivity index (χ1n) is 13.6. The van der Waals surface area contributed by atoms with Crippen molar-refractivity contribution >= 4 is 0 Å². The Morgan fingerprint density at radius 3 is 2.48 bits per heavy atom. The minimum absolute atomic E-state index is 0.453. The Balaban J connectivity index is 1.51. The molecule has 1 heteroatoms. The van der Waals surface area contributed by atoms with Gasteiger partial charge < -0.3 is 4.74 Å². The summed E-state index contributed by atoms with van der Waals surface area (Å²) in [5.74, 6) is 5.88. The van der Waals surface area contributed by atoms with Crippen LogP contribution in [0.1, 0.15) is 99.3 Å². The second-order valence-corrected chi connectivity index (χ2v) is 12.6. The van der Waals surface area contributed by atoms with E-state index in [0.29, 0.717) is 16.9 Å². The fraction of sp³-hybridized carbons (Fsp3) is 0.867. The summed E-state index contributed by atoms with van der Waals surface area (Å²) in [5, 5.41) is 0. The van der Waals surface area contributed by atoms with Crippen molar-refractivity contribution in [3.63, 3.8) is 0 Å². The minimum atomic E-state index is 0.453. The number of methoxy groups -OCH3 is 1. The molecule has 3 saturated carbocycles. The highest BCUT2D eigenvalue weighted by atomic mass is 16.5.